The molecule has 0 saturated carbocycles. The van der Waals surface area contributed by atoms with Gasteiger partial charge in [-0.05, 0) is 17.6 Å². The number of hydrogen-bond acceptors (Lipinski definition) is 11. The molecule has 0 fully saturated rings. The first-order chi connectivity index (χ1) is 39.0. The number of rotatable bonds is 25. The third-order valence-corrected chi connectivity index (χ3v) is 9.55. The first kappa shape index (κ1) is 84.1. The first-order valence-corrected chi connectivity index (χ1v) is 19.7. The Labute approximate surface area is 460 Å². The van der Waals surface area contributed by atoms with Crippen molar-refractivity contribution in [2.75, 3.05) is 11.9 Å². The summed E-state index contributed by atoms with van der Waals surface area (Å²) in [4.78, 5) is 11.4. The third-order valence-electron chi connectivity index (χ3n) is 9.55. The Balaban J connectivity index is 4.45. The van der Waals surface area contributed by atoms with Gasteiger partial charge in [0.1, 0.15) is 0 Å². The Bertz CT molecular complexity index is 2720. The molecule has 91 heavy (non-hydrogen) atoms. The summed E-state index contributed by atoms with van der Waals surface area (Å²) < 4.78 is 666. The predicted molar refractivity (Wildman–Crippen MR) is 175 cm³/mol. The van der Waals surface area contributed by atoms with E-state index in [-0.39, 0.29) is 6.07 Å². The predicted octanol–water partition coefficient (Wildman–Crippen LogP) is 12.8. The average molecular weight is 1470 g/mol. The van der Waals surface area contributed by atoms with Crippen molar-refractivity contribution in [3.05, 3.63) is 23.8 Å². The molecule has 0 aliphatic carbocycles. The largest absolute Gasteiger partial charge is 0.489 e. The summed E-state index contributed by atoms with van der Waals surface area (Å²) in [6, 6.07) is -1.89. The molecule has 1 amide bonds. The molecule has 0 aliphatic rings. The van der Waals surface area contributed by atoms with Gasteiger partial charge in [-0.1, -0.05) is 6.07 Å². The van der Waals surface area contributed by atoms with Crippen LogP contribution in [0.4, 0.5) is 212 Å². The number of nitrogens with two attached hydrogens (primary N) is 1. The SMILES string of the molecule is NCC(=O)Nc1ccc(C(F)(OC(F)(F)C(F)(OC(F)(F)C(F)(OC(F)(F)C(F)(OC(F)(F)C(F)(OC(F)(F)C(F)(OC(F)(F)C(F)(OC(F)(F)C(F)(F)C(F)(F)F)C(F)(F)F)C(F)(F)F)C(F)(F)F)C(F)(F)F)C(F)(F)F)C(F)(F)F)C(F)(F)F)c(B(O)O)c1. The zero-order valence-electron chi connectivity index (χ0n) is 39.5. The average Bonchev–Trinajstić information content (AvgIpc) is 0.719. The molecule has 1 rings (SSSR count). The number of anilines is 1. The standard InChI is InChI=1S/C31H10BF47N2O10/c33-9(17(42,43)44,6-2-1-5(81-8(82)4-80)3-7(6)32(83)84)85-26(68,69)11(36,19(48,49)50)87-28(72,73)13(38,21(54,55)56)89-30(76,77)15(40,23(60,61)62)91-31(78,79)16(41,24(63,64)65)90-29(74,75)14(39,22(57,58)59)88-27(70,71)12(37,20(51,52)53)86-25(66,67)10(34,35)18(45,46)47/h1-3,83-84H,4,80H2,(H,81,82). The van der Waals surface area contributed by atoms with Crippen LogP contribution >= 0.6 is 0 Å². The van der Waals surface area contributed by atoms with Crippen LogP contribution in [-0.2, 0) is 43.8 Å². The summed E-state index contributed by atoms with van der Waals surface area (Å²) in [6.45, 7) is -1.23. The fourth-order valence-electron chi connectivity index (χ4n) is 5.18. The van der Waals surface area contributed by atoms with Gasteiger partial charge in [0.05, 0.1) is 6.54 Å². The maximum Gasteiger partial charge on any atom is 0.489 e. The number of carbonyl (C=O) groups excluding carboxylic acids is 1. The van der Waals surface area contributed by atoms with Crippen molar-refractivity contribution in [3.63, 3.8) is 0 Å². The molecule has 0 radical (unpaired) electrons. The molecular weight excluding hydrogens is 1460 g/mol. The highest BCUT2D eigenvalue weighted by Crippen LogP contribution is 2.65. The van der Waals surface area contributed by atoms with Gasteiger partial charge in [0.25, 0.3) is 0 Å². The van der Waals surface area contributed by atoms with Crippen LogP contribution in [0.5, 0.6) is 0 Å². The molecule has 0 heterocycles. The lowest BCUT2D eigenvalue weighted by Gasteiger charge is -2.45. The van der Waals surface area contributed by atoms with Gasteiger partial charge in [0.15, 0.2) is 0 Å². The van der Waals surface area contributed by atoms with E-state index in [2.05, 4.69) is 0 Å². The van der Waals surface area contributed by atoms with Crippen LogP contribution in [0.2, 0.25) is 0 Å². The van der Waals surface area contributed by atoms with Crippen molar-refractivity contribution in [2.24, 2.45) is 5.73 Å². The number of alkyl halides is 47. The molecule has 5 N–H and O–H groups in total. The van der Waals surface area contributed by atoms with Crippen molar-refractivity contribution in [1.82, 2.24) is 0 Å². The van der Waals surface area contributed by atoms with Crippen molar-refractivity contribution in [3.8, 4) is 0 Å². The molecule has 12 nitrogen and oxygen atoms in total. The lowest BCUT2D eigenvalue weighted by Crippen LogP contribution is -2.73. The maximum absolute atomic E-state index is 15.7. The highest BCUT2D eigenvalue weighted by atomic mass is 19.5. The number of halogens is 47. The quantitative estimate of drug-likeness (QED) is 0.0545. The monoisotopic (exact) mass is 1470 g/mol. The summed E-state index contributed by atoms with van der Waals surface area (Å²) in [6.07, 6.45) is -141. The minimum atomic E-state index is -10.2. The van der Waals surface area contributed by atoms with E-state index in [1.807, 2.05) is 4.74 Å². The highest BCUT2D eigenvalue weighted by Gasteiger charge is 2.93. The summed E-state index contributed by atoms with van der Waals surface area (Å²) in [7, 11) is -4.00. The van der Waals surface area contributed by atoms with E-state index in [0.717, 1.165) is 4.74 Å². The molecule has 0 saturated heterocycles. The second kappa shape index (κ2) is 23.5. The van der Waals surface area contributed by atoms with Gasteiger partial charge in [-0.25, -0.2) is 0 Å². The van der Waals surface area contributed by atoms with E-state index in [1.165, 1.54) is 5.32 Å². The summed E-state index contributed by atoms with van der Waals surface area (Å²) in [5.74, 6) is -77.0. The van der Waals surface area contributed by atoms with Gasteiger partial charge >= 0.3 is 146 Å². The van der Waals surface area contributed by atoms with E-state index in [0.29, 0.717) is 23.7 Å². The van der Waals surface area contributed by atoms with Crippen LogP contribution < -0.4 is 16.5 Å². The maximum atomic E-state index is 15.7. The lowest BCUT2D eigenvalue weighted by atomic mass is 9.74. The Morgan fingerprint density at radius 1 is 0.341 bits per heavy atom. The summed E-state index contributed by atoms with van der Waals surface area (Å²) in [5, 5.41) is 20.1. The van der Waals surface area contributed by atoms with Crippen LogP contribution in [0, 0.1) is 0 Å². The van der Waals surface area contributed by atoms with Crippen LogP contribution in [0.1, 0.15) is 5.56 Å². The van der Waals surface area contributed by atoms with Gasteiger partial charge in [0, 0.05) is 11.3 Å². The third kappa shape index (κ3) is 14.5. The second-order valence-corrected chi connectivity index (χ2v) is 16.0. The van der Waals surface area contributed by atoms with Crippen molar-refractivity contribution >= 4 is 24.2 Å². The highest BCUT2D eigenvalue weighted by molar-refractivity contribution is 6.59. The summed E-state index contributed by atoms with van der Waals surface area (Å²) in [5.41, 5.74) is -2.46. The molecule has 1 aromatic rings. The molecule has 0 aliphatic heterocycles. The fourth-order valence-corrected chi connectivity index (χ4v) is 5.18. The van der Waals surface area contributed by atoms with Gasteiger partial charge in [-0.15, -0.1) is 0 Å². The second-order valence-electron chi connectivity index (χ2n) is 16.0. The van der Waals surface area contributed by atoms with Crippen molar-refractivity contribution in [2.45, 2.75) is 139 Å². The Morgan fingerprint density at radius 2 is 0.560 bits per heavy atom. The topological polar surface area (TPSA) is 160 Å². The minimum absolute atomic E-state index is 0.374. The molecule has 0 spiro atoms. The van der Waals surface area contributed by atoms with Crippen LogP contribution in [0.3, 0.4) is 0 Å². The van der Waals surface area contributed by atoms with Crippen LogP contribution in [0.15, 0.2) is 18.2 Å². The number of amides is 1. The smallest absolute Gasteiger partial charge is 0.423 e. The number of carbonyl (C=O) groups is 1. The van der Waals surface area contributed by atoms with E-state index >= 15 is 30.7 Å². The first-order valence-electron chi connectivity index (χ1n) is 19.7. The Kier molecular flexibility index (Phi) is 21.7. The molecule has 7 atom stereocenters. The number of ether oxygens (including phenoxy) is 7. The van der Waals surface area contributed by atoms with E-state index in [4.69, 9.17) is 5.73 Å². The number of benzene rings is 1. The summed E-state index contributed by atoms with van der Waals surface area (Å²) >= 11 is 0. The molecular formula is C31H10BF47N2O10. The lowest BCUT2D eigenvalue weighted by molar-refractivity contribution is -0.608. The molecule has 0 aromatic heterocycles. The zero-order valence-corrected chi connectivity index (χ0v) is 39.5. The molecule has 1 aromatic carbocycles. The fraction of sp³-hybridized carbons (Fsp3) is 0.774. The van der Waals surface area contributed by atoms with E-state index in [1.54, 1.807) is 0 Å². The Morgan fingerprint density at radius 3 is 0.747 bits per heavy atom. The van der Waals surface area contributed by atoms with Crippen LogP contribution in [0.25, 0.3) is 0 Å². The Hall–Kier alpha value is -4.94. The molecule has 7 unspecified atom stereocenters. The normalized spacial score (nSPS) is 19.9. The van der Waals surface area contributed by atoms with E-state index in [9.17, 15) is 190 Å². The number of nitrogens with one attached hydrogen (secondary N) is 1. The van der Waals surface area contributed by atoms with Gasteiger partial charge in [-0.2, -0.15) is 206 Å². The molecule has 536 valence electrons. The molecule has 60 heteroatoms. The van der Waals surface area contributed by atoms with Gasteiger partial charge in [-0.3, -0.25) is 38.0 Å². The zero-order chi connectivity index (χ0) is 73.9. The van der Waals surface area contributed by atoms with Crippen molar-refractivity contribution in [1.29, 1.82) is 0 Å². The minimum Gasteiger partial charge on any atom is -0.423 e. The van der Waals surface area contributed by atoms with Crippen molar-refractivity contribution < 1.29 is 254 Å². The molecule has 0 bridgehead atoms. The number of hydrogen-bond donors (Lipinski definition) is 4. The van der Waals surface area contributed by atoms with E-state index < -0.39 is 187 Å². The van der Waals surface area contributed by atoms with Gasteiger partial charge < -0.3 is 21.1 Å². The van der Waals surface area contributed by atoms with Gasteiger partial charge in [0.2, 0.25) is 5.91 Å². The van der Waals surface area contributed by atoms with Crippen LogP contribution in [-0.4, -0.2) is 163 Å².